The third-order valence-electron chi connectivity index (χ3n) is 5.46. The second-order valence-electron chi connectivity index (χ2n) is 9.52. The van der Waals surface area contributed by atoms with E-state index in [1.165, 1.54) is 0 Å². The van der Waals surface area contributed by atoms with E-state index in [1.807, 2.05) is 48.5 Å². The molecule has 1 atom stereocenters. The molecule has 0 saturated carbocycles. The first-order chi connectivity index (χ1) is 15.7. The van der Waals surface area contributed by atoms with Gasteiger partial charge in [0, 0.05) is 36.0 Å². The molecule has 1 aliphatic heterocycles. The molecule has 0 unspecified atom stereocenters. The van der Waals surface area contributed by atoms with Crippen LogP contribution in [0.15, 0.2) is 58.0 Å². The Hall–Kier alpha value is -2.38. The highest BCUT2D eigenvalue weighted by molar-refractivity contribution is 9.10. The van der Waals surface area contributed by atoms with Crippen LogP contribution in [0.4, 0.5) is 0 Å². The molecule has 2 aromatic rings. The van der Waals surface area contributed by atoms with Gasteiger partial charge in [0.15, 0.2) is 5.54 Å². The summed E-state index contributed by atoms with van der Waals surface area (Å²) in [7, 11) is 0. The lowest BCUT2D eigenvalue weighted by Crippen LogP contribution is -2.49. The molecule has 6 nitrogen and oxygen atoms in total. The summed E-state index contributed by atoms with van der Waals surface area (Å²) in [5.74, 6) is 1.04. The maximum Gasteiger partial charge on any atom is 0.251 e. The fraction of sp³-hybridized carbons (Fsp3) is 0.462. The first-order valence-electron chi connectivity index (χ1n) is 11.3. The average molecular weight is 517 g/mol. The van der Waals surface area contributed by atoms with Gasteiger partial charge >= 0.3 is 0 Å². The molecule has 0 spiro atoms. The Bertz CT molecular complexity index is 969. The molecule has 33 heavy (non-hydrogen) atoms. The highest BCUT2D eigenvalue weighted by atomic mass is 79.9. The van der Waals surface area contributed by atoms with Crippen molar-refractivity contribution < 1.29 is 19.4 Å². The summed E-state index contributed by atoms with van der Waals surface area (Å²) in [5, 5.41) is 12.0. The number of aliphatic hydroxyl groups excluding tert-OH is 1. The highest BCUT2D eigenvalue weighted by Gasteiger charge is 2.44. The van der Waals surface area contributed by atoms with Crippen LogP contribution in [0.3, 0.4) is 0 Å². The lowest BCUT2D eigenvalue weighted by molar-refractivity contribution is -0.126. The number of ether oxygens (including phenoxy) is 2. The van der Waals surface area contributed by atoms with E-state index in [4.69, 9.17) is 19.6 Å². The quantitative estimate of drug-likeness (QED) is 0.455. The first-order valence-corrected chi connectivity index (χ1v) is 12.1. The average Bonchev–Trinajstić information content (AvgIpc) is 3.20. The van der Waals surface area contributed by atoms with Crippen LogP contribution in [0.5, 0.6) is 5.75 Å². The van der Waals surface area contributed by atoms with Crippen molar-refractivity contribution in [1.82, 2.24) is 5.32 Å². The molecule has 2 N–H and O–H groups in total. The van der Waals surface area contributed by atoms with E-state index in [-0.39, 0.29) is 24.5 Å². The second kappa shape index (κ2) is 11.2. The van der Waals surface area contributed by atoms with E-state index in [9.17, 15) is 4.79 Å². The lowest BCUT2D eigenvalue weighted by Gasteiger charge is -2.25. The van der Waals surface area contributed by atoms with Gasteiger partial charge in [-0.15, -0.1) is 0 Å². The maximum absolute atomic E-state index is 13.4. The standard InChI is InChI=1S/C26H33BrN2O4/c1-25(2,3)13-14-28-24(31)26(17-20-7-4-5-8-22(20)27)18-33-23(29-26)19-9-11-21(12-10-19)32-16-6-15-30/h4-5,7-12,30H,6,13-18H2,1-3H3,(H,28,31)/t26-/m1/s1. The third kappa shape index (κ3) is 7.05. The van der Waals surface area contributed by atoms with Crippen LogP contribution in [0.2, 0.25) is 0 Å². The third-order valence-corrected chi connectivity index (χ3v) is 6.23. The van der Waals surface area contributed by atoms with E-state index in [1.54, 1.807) is 0 Å². The number of nitrogens with zero attached hydrogens (tertiary/aromatic N) is 1. The molecular formula is C26H33BrN2O4. The largest absolute Gasteiger partial charge is 0.494 e. The van der Waals surface area contributed by atoms with Crippen LogP contribution in [-0.4, -0.2) is 48.8 Å². The Morgan fingerprint density at radius 2 is 1.94 bits per heavy atom. The van der Waals surface area contributed by atoms with Crippen molar-refractivity contribution in [2.45, 2.75) is 45.6 Å². The molecule has 0 bridgehead atoms. The number of aliphatic imine (C=N–C) groups is 1. The molecule has 2 aromatic carbocycles. The van der Waals surface area contributed by atoms with E-state index in [2.05, 4.69) is 42.0 Å². The van der Waals surface area contributed by atoms with Crippen LogP contribution in [0.1, 0.15) is 44.7 Å². The zero-order chi connectivity index (χ0) is 23.9. The second-order valence-corrected chi connectivity index (χ2v) is 10.4. The van der Waals surface area contributed by atoms with E-state index < -0.39 is 5.54 Å². The fourth-order valence-electron chi connectivity index (χ4n) is 3.50. The van der Waals surface area contributed by atoms with Crippen LogP contribution in [-0.2, 0) is 16.0 Å². The van der Waals surface area contributed by atoms with Crippen molar-refractivity contribution in [2.75, 3.05) is 26.4 Å². The van der Waals surface area contributed by atoms with Gasteiger partial charge in [0.25, 0.3) is 5.91 Å². The van der Waals surface area contributed by atoms with Gasteiger partial charge in [0.2, 0.25) is 5.90 Å². The van der Waals surface area contributed by atoms with Gasteiger partial charge in [-0.3, -0.25) is 4.79 Å². The first kappa shape index (κ1) is 25.2. The van der Waals surface area contributed by atoms with Crippen LogP contribution < -0.4 is 10.1 Å². The van der Waals surface area contributed by atoms with Crippen LogP contribution in [0.25, 0.3) is 0 Å². The summed E-state index contributed by atoms with van der Waals surface area (Å²) in [6.45, 7) is 7.79. The predicted molar refractivity (Wildman–Crippen MR) is 134 cm³/mol. The van der Waals surface area contributed by atoms with Crippen molar-refractivity contribution in [3.05, 3.63) is 64.1 Å². The SMILES string of the molecule is CC(C)(C)CCNC(=O)[C@@]1(Cc2ccccc2Br)COC(c2ccc(OCCCO)cc2)=N1. The highest BCUT2D eigenvalue weighted by Crippen LogP contribution is 2.30. The summed E-state index contributed by atoms with van der Waals surface area (Å²) in [4.78, 5) is 18.2. The molecular weight excluding hydrogens is 484 g/mol. The fourth-order valence-corrected chi connectivity index (χ4v) is 3.93. The molecule has 0 aliphatic carbocycles. The number of hydrogen-bond donors (Lipinski definition) is 2. The number of aliphatic hydroxyl groups is 1. The minimum absolute atomic E-state index is 0.0974. The number of amides is 1. The summed E-state index contributed by atoms with van der Waals surface area (Å²) >= 11 is 3.60. The maximum atomic E-state index is 13.4. The molecule has 1 aliphatic rings. The van der Waals surface area contributed by atoms with E-state index in [0.29, 0.717) is 37.6 Å². The van der Waals surface area contributed by atoms with Crippen molar-refractivity contribution in [3.8, 4) is 5.75 Å². The molecule has 0 fully saturated rings. The Morgan fingerprint density at radius 3 is 2.61 bits per heavy atom. The molecule has 1 amide bonds. The van der Waals surface area contributed by atoms with Gasteiger partial charge in [0.05, 0.1) is 6.61 Å². The number of benzene rings is 2. The monoisotopic (exact) mass is 516 g/mol. The molecule has 0 saturated heterocycles. The van der Waals surface area contributed by atoms with Crippen molar-refractivity contribution in [1.29, 1.82) is 0 Å². The summed E-state index contributed by atoms with van der Waals surface area (Å²) in [6, 6.07) is 15.3. The summed E-state index contributed by atoms with van der Waals surface area (Å²) < 4.78 is 12.5. The number of nitrogens with one attached hydrogen (secondary N) is 1. The Morgan fingerprint density at radius 1 is 1.21 bits per heavy atom. The minimum atomic E-state index is -1.03. The molecule has 0 radical (unpaired) electrons. The Balaban J connectivity index is 1.82. The molecule has 3 rings (SSSR count). The number of rotatable bonds is 10. The lowest BCUT2D eigenvalue weighted by atomic mass is 9.90. The molecule has 178 valence electrons. The zero-order valence-corrected chi connectivity index (χ0v) is 21.2. The summed E-state index contributed by atoms with van der Waals surface area (Å²) in [5.41, 5.74) is 0.892. The van der Waals surface area contributed by atoms with E-state index in [0.717, 1.165) is 22.0 Å². The number of carbonyl (C=O) groups excluding carboxylic acids is 1. The van der Waals surface area contributed by atoms with E-state index >= 15 is 0 Å². The number of hydrogen-bond acceptors (Lipinski definition) is 5. The van der Waals surface area contributed by atoms with Gasteiger partial charge in [-0.2, -0.15) is 0 Å². The predicted octanol–water partition coefficient (Wildman–Crippen LogP) is 4.52. The van der Waals surface area contributed by atoms with Crippen molar-refractivity contribution in [2.24, 2.45) is 10.4 Å². The van der Waals surface area contributed by atoms with Gasteiger partial charge < -0.3 is 19.9 Å². The van der Waals surface area contributed by atoms with Crippen molar-refractivity contribution in [3.63, 3.8) is 0 Å². The number of halogens is 1. The Kier molecular flexibility index (Phi) is 8.54. The summed E-state index contributed by atoms with van der Waals surface area (Å²) in [6.07, 6.45) is 1.89. The van der Waals surface area contributed by atoms with Gasteiger partial charge in [-0.25, -0.2) is 4.99 Å². The molecule has 7 heteroatoms. The van der Waals surface area contributed by atoms with Crippen LogP contribution >= 0.6 is 15.9 Å². The number of carbonyl (C=O) groups is 1. The van der Waals surface area contributed by atoms with Gasteiger partial charge in [-0.05, 0) is 47.7 Å². The topological polar surface area (TPSA) is 80.2 Å². The molecule has 0 aromatic heterocycles. The van der Waals surface area contributed by atoms with Gasteiger partial charge in [0.1, 0.15) is 12.4 Å². The van der Waals surface area contributed by atoms with Gasteiger partial charge in [-0.1, -0.05) is 54.9 Å². The normalized spacial score (nSPS) is 17.9. The minimum Gasteiger partial charge on any atom is -0.494 e. The molecule has 1 heterocycles. The smallest absolute Gasteiger partial charge is 0.251 e. The Labute approximate surface area is 204 Å². The zero-order valence-electron chi connectivity index (χ0n) is 19.6. The van der Waals surface area contributed by atoms with Crippen LogP contribution in [0, 0.1) is 5.41 Å². The van der Waals surface area contributed by atoms with Crippen molar-refractivity contribution >= 4 is 27.7 Å².